The largest absolute Gasteiger partial charge is 0.412 e. The monoisotopic (exact) mass is 709 g/mol. The van der Waals surface area contributed by atoms with Crippen LogP contribution in [0.4, 0.5) is 0 Å². The molecule has 0 spiro atoms. The molecular weight excluding hydrogens is 641 g/mol. The molecule has 2 N–H and O–H groups in total. The molecule has 0 fully saturated rings. The maximum absolute atomic E-state index is 2.90. The van der Waals surface area contributed by atoms with Crippen molar-refractivity contribution < 1.29 is 5.48 Å². The molecule has 0 atom stereocenters. The Morgan fingerprint density at radius 1 is 0.500 bits per heavy atom. The third kappa shape index (κ3) is 9.25. The number of hydrogen-bond donors (Lipinski definition) is 0. The van der Waals surface area contributed by atoms with Crippen molar-refractivity contribution in [3.63, 3.8) is 0 Å². The molecule has 229 valence electrons. The van der Waals surface area contributed by atoms with Crippen LogP contribution in [0.1, 0.15) is 32.2 Å². The van der Waals surface area contributed by atoms with Gasteiger partial charge >= 0.3 is 258 Å². The minimum atomic E-state index is -1.61. The van der Waals surface area contributed by atoms with Crippen LogP contribution in [0.15, 0.2) is 35.3 Å². The fourth-order valence-electron chi connectivity index (χ4n) is 9.17. The van der Waals surface area contributed by atoms with Gasteiger partial charge in [0.15, 0.2) is 0 Å². The van der Waals surface area contributed by atoms with Crippen LogP contribution in [0.25, 0.3) is 0 Å². The summed E-state index contributed by atoms with van der Waals surface area (Å²) >= 11 is -1.61. The van der Waals surface area contributed by atoms with Gasteiger partial charge in [-0.1, -0.05) is 0 Å². The molecule has 1 aromatic rings. The van der Waals surface area contributed by atoms with Crippen molar-refractivity contribution in [3.05, 3.63) is 52.0 Å². The zero-order valence-electron chi connectivity index (χ0n) is 29.9. The Hall–Kier alpha value is 0.504. The van der Waals surface area contributed by atoms with Gasteiger partial charge < -0.3 is 5.48 Å². The van der Waals surface area contributed by atoms with Gasteiger partial charge in [-0.2, -0.15) is 0 Å². The SMILES string of the molecule is C[Si](C)(C)C(c1cc(C([Si](C)(C)C)[Si](C)(C)C)[c]([Ge]2[CH]=CC=C[CH2]2)c(C([Si](C)(C)C)[Si](C)(C)C)c1)[Si](C)(C)C.O. The maximum Gasteiger partial charge on any atom is -0.412 e. The predicted octanol–water partition coefficient (Wildman–Crippen LogP) is 9.74. The van der Waals surface area contributed by atoms with E-state index in [0.717, 1.165) is 15.5 Å². The Labute approximate surface area is 261 Å². The second kappa shape index (κ2) is 12.9. The van der Waals surface area contributed by atoms with Crippen LogP contribution >= 0.6 is 0 Å². The molecular formula is C32H67GeOSi6. The summed E-state index contributed by atoms with van der Waals surface area (Å²) in [5.41, 5.74) is 5.55. The molecule has 1 heterocycles. The van der Waals surface area contributed by atoms with E-state index < -0.39 is 62.8 Å². The molecule has 1 aromatic carbocycles. The number of allylic oxidation sites excluding steroid dienone is 3. The average molecular weight is 709 g/mol. The van der Waals surface area contributed by atoms with Crippen molar-refractivity contribution >= 4 is 67.2 Å². The van der Waals surface area contributed by atoms with Crippen LogP contribution in [-0.4, -0.2) is 68.3 Å². The fourth-order valence-corrected chi connectivity index (χ4v) is 53.6. The van der Waals surface area contributed by atoms with Gasteiger partial charge in [0.2, 0.25) is 0 Å². The zero-order chi connectivity index (χ0) is 30.6. The second-order valence-electron chi connectivity index (χ2n) is 19.1. The molecule has 0 amide bonds. The van der Waals surface area contributed by atoms with E-state index in [0.29, 0.717) is 0 Å². The van der Waals surface area contributed by atoms with Crippen molar-refractivity contribution in [2.24, 2.45) is 0 Å². The Bertz CT molecular complexity index is 975. The van der Waals surface area contributed by atoms with E-state index in [1.54, 1.807) is 5.56 Å². The first-order chi connectivity index (χ1) is 17.2. The Morgan fingerprint density at radius 3 is 1.07 bits per heavy atom. The van der Waals surface area contributed by atoms with E-state index in [9.17, 15) is 0 Å². The summed E-state index contributed by atoms with van der Waals surface area (Å²) in [6.07, 6.45) is 7.25. The second-order valence-corrected chi connectivity index (χ2v) is 57.5. The van der Waals surface area contributed by atoms with E-state index in [4.69, 9.17) is 0 Å². The van der Waals surface area contributed by atoms with E-state index in [1.165, 1.54) is 5.25 Å². The van der Waals surface area contributed by atoms with Gasteiger partial charge in [0.1, 0.15) is 0 Å². The van der Waals surface area contributed by atoms with Crippen LogP contribution in [-0.2, 0) is 0 Å². The molecule has 0 saturated heterocycles. The van der Waals surface area contributed by atoms with Crippen LogP contribution in [0.3, 0.4) is 0 Å². The topological polar surface area (TPSA) is 31.5 Å². The van der Waals surface area contributed by atoms with Gasteiger partial charge in [0.05, 0.1) is 0 Å². The van der Waals surface area contributed by atoms with E-state index >= 15 is 0 Å². The van der Waals surface area contributed by atoms with Crippen molar-refractivity contribution in [2.45, 2.75) is 139 Å². The molecule has 0 aromatic heterocycles. The van der Waals surface area contributed by atoms with Crippen LogP contribution in [0.2, 0.25) is 123 Å². The van der Waals surface area contributed by atoms with Crippen LogP contribution < -0.4 is 4.40 Å². The Balaban J connectivity index is 0.00000800. The molecule has 0 bridgehead atoms. The van der Waals surface area contributed by atoms with Crippen molar-refractivity contribution in [3.8, 4) is 0 Å². The summed E-state index contributed by atoms with van der Waals surface area (Å²) in [4.78, 5) is 2.73. The van der Waals surface area contributed by atoms with Crippen molar-refractivity contribution in [1.29, 1.82) is 0 Å². The summed E-state index contributed by atoms with van der Waals surface area (Å²) < 4.78 is 1.95. The molecule has 0 unspecified atom stereocenters. The van der Waals surface area contributed by atoms with Gasteiger partial charge in [0, 0.05) is 0 Å². The Morgan fingerprint density at radius 2 is 0.825 bits per heavy atom. The fraction of sp³-hybridized carbons (Fsp3) is 0.688. The molecule has 40 heavy (non-hydrogen) atoms. The van der Waals surface area contributed by atoms with Gasteiger partial charge in [-0.3, -0.25) is 0 Å². The third-order valence-corrected chi connectivity index (χ3v) is 41.7. The summed E-state index contributed by atoms with van der Waals surface area (Å²) in [7, 11) is -8.71. The number of rotatable bonds is 10. The minimum Gasteiger partial charge on any atom is -0.412 e. The molecule has 0 aliphatic carbocycles. The third-order valence-electron chi connectivity index (χ3n) is 8.58. The van der Waals surface area contributed by atoms with E-state index in [1.807, 2.05) is 15.5 Å². The van der Waals surface area contributed by atoms with Crippen molar-refractivity contribution in [2.75, 3.05) is 0 Å². The van der Waals surface area contributed by atoms with Gasteiger partial charge in [-0.25, -0.2) is 0 Å². The van der Waals surface area contributed by atoms with Crippen LogP contribution in [0, 0.1) is 0 Å². The standard InChI is InChI=1S/C32H65GeSi6.H2O/c1-34(2,3)30(35(4,5)6)26-24-27(31(36(7,8)9)37(10,11)12)29(33-22-20-19-21-23-33)28(25-26)32(38(13,14)15)39(16,17)18;/h19-22,24-25,30-32H,23H2,1-18H3;1H2. The molecule has 2 rings (SSSR count). The first-order valence-corrected chi connectivity index (χ1v) is 40.8. The van der Waals surface area contributed by atoms with E-state index in [-0.39, 0.29) is 5.48 Å². The quantitative estimate of drug-likeness (QED) is 0.217. The summed E-state index contributed by atoms with van der Waals surface area (Å²) in [5, 5.41) is 3.75. The van der Waals surface area contributed by atoms with E-state index in [2.05, 4.69) is 153 Å². The normalized spacial score (nSPS) is 16.3. The van der Waals surface area contributed by atoms with Crippen molar-refractivity contribution in [1.82, 2.24) is 0 Å². The molecule has 1 aliphatic heterocycles. The number of benzene rings is 1. The first kappa shape index (κ1) is 38.5. The maximum atomic E-state index is 2.90. The molecule has 1 radical (unpaired) electrons. The minimum absolute atomic E-state index is 0. The molecule has 0 saturated carbocycles. The molecule has 8 heteroatoms. The summed E-state index contributed by atoms with van der Waals surface area (Å²) in [6.45, 7) is 48.3. The zero-order valence-corrected chi connectivity index (χ0v) is 38.0. The van der Waals surface area contributed by atoms with Gasteiger partial charge in [-0.05, 0) is 0 Å². The predicted molar refractivity (Wildman–Crippen MR) is 207 cm³/mol. The first-order valence-electron chi connectivity index (χ1n) is 15.6. The van der Waals surface area contributed by atoms with Crippen LogP contribution in [0.5, 0.6) is 0 Å². The molecule has 1 aliphatic rings. The Kier molecular flexibility index (Phi) is 12.4. The summed E-state index contributed by atoms with van der Waals surface area (Å²) in [5.74, 6) is 0. The smallest absolute Gasteiger partial charge is 0.412 e. The summed E-state index contributed by atoms with van der Waals surface area (Å²) in [6, 6.07) is 5.80. The molecule has 1 nitrogen and oxygen atoms in total. The number of hydrogen-bond acceptors (Lipinski definition) is 0. The van der Waals surface area contributed by atoms with Gasteiger partial charge in [0.25, 0.3) is 0 Å². The average Bonchev–Trinajstić information content (AvgIpc) is 2.61. The van der Waals surface area contributed by atoms with Gasteiger partial charge in [-0.15, -0.1) is 0 Å².